The van der Waals surface area contributed by atoms with Gasteiger partial charge in [0.1, 0.15) is 0 Å². The van der Waals surface area contributed by atoms with E-state index in [1.54, 1.807) is 11.4 Å². The highest BCUT2D eigenvalue weighted by Gasteiger charge is 2.11. The molecular formula is C10H11NO4S. The Bertz CT molecular complexity index is 424. The highest BCUT2D eigenvalue weighted by molar-refractivity contribution is 7.12. The topological polar surface area (TPSA) is 97.5 Å². The number of carbonyl (C=O) groups excluding carboxylic acids is 2. The number of carboxylic acid groups (broad SMARTS) is 1. The van der Waals surface area contributed by atoms with Gasteiger partial charge in [0.25, 0.3) is 0 Å². The first-order valence-corrected chi connectivity index (χ1v) is 5.47. The first kappa shape index (κ1) is 12.4. The second kappa shape index (κ2) is 5.41. The lowest BCUT2D eigenvalue weighted by Gasteiger charge is -1.93. The fourth-order valence-corrected chi connectivity index (χ4v) is 2.04. The van der Waals surface area contributed by atoms with E-state index in [9.17, 15) is 14.4 Å². The molecule has 1 aromatic rings. The zero-order chi connectivity index (χ0) is 12.1. The lowest BCUT2D eigenvalue weighted by Crippen LogP contribution is -2.13. The number of amides is 1. The Balaban J connectivity index is 2.59. The first-order valence-electron chi connectivity index (χ1n) is 4.59. The van der Waals surface area contributed by atoms with Crippen LogP contribution >= 0.6 is 11.3 Å². The van der Waals surface area contributed by atoms with Crippen molar-refractivity contribution in [3.63, 3.8) is 0 Å². The van der Waals surface area contributed by atoms with Gasteiger partial charge in [-0.1, -0.05) is 0 Å². The molecule has 0 aliphatic carbocycles. The van der Waals surface area contributed by atoms with Crippen molar-refractivity contribution in [1.82, 2.24) is 0 Å². The Hall–Kier alpha value is -1.69. The maximum atomic E-state index is 11.5. The molecule has 16 heavy (non-hydrogen) atoms. The van der Waals surface area contributed by atoms with Crippen LogP contribution in [-0.4, -0.2) is 22.8 Å². The Morgan fingerprint density at radius 1 is 1.31 bits per heavy atom. The molecule has 0 aliphatic heterocycles. The Morgan fingerprint density at radius 3 is 2.56 bits per heavy atom. The van der Waals surface area contributed by atoms with E-state index in [4.69, 9.17) is 10.8 Å². The van der Waals surface area contributed by atoms with E-state index in [0.717, 1.165) is 0 Å². The van der Waals surface area contributed by atoms with Gasteiger partial charge in [0.05, 0.1) is 17.7 Å². The van der Waals surface area contributed by atoms with Crippen LogP contribution in [-0.2, 0) is 16.0 Å². The molecule has 1 amide bonds. The van der Waals surface area contributed by atoms with Crippen LogP contribution < -0.4 is 5.73 Å². The molecule has 5 nitrogen and oxygen atoms in total. The van der Waals surface area contributed by atoms with E-state index >= 15 is 0 Å². The van der Waals surface area contributed by atoms with Crippen molar-refractivity contribution in [3.05, 3.63) is 21.9 Å². The molecule has 6 heteroatoms. The van der Waals surface area contributed by atoms with E-state index in [-0.39, 0.29) is 25.0 Å². The molecule has 0 aromatic carbocycles. The number of rotatable bonds is 6. The summed E-state index contributed by atoms with van der Waals surface area (Å²) in [7, 11) is 0. The Morgan fingerprint density at radius 2 is 2.00 bits per heavy atom. The van der Waals surface area contributed by atoms with Crippen molar-refractivity contribution in [2.75, 3.05) is 0 Å². The molecule has 3 N–H and O–H groups in total. The molecule has 0 atom stereocenters. The van der Waals surface area contributed by atoms with Crippen molar-refractivity contribution in [1.29, 1.82) is 0 Å². The molecule has 1 aromatic heterocycles. The average molecular weight is 241 g/mol. The number of Topliss-reactive ketones (excluding diaryl/α,β-unsaturated/α-hetero) is 1. The summed E-state index contributed by atoms with van der Waals surface area (Å²) in [5.74, 6) is -1.67. The number of hydrogen-bond acceptors (Lipinski definition) is 4. The lowest BCUT2D eigenvalue weighted by atomic mass is 10.1. The minimum atomic E-state index is -0.998. The molecule has 0 saturated heterocycles. The second-order valence-electron chi connectivity index (χ2n) is 3.28. The number of thiophene rings is 1. The summed E-state index contributed by atoms with van der Waals surface area (Å²) >= 11 is 1.20. The summed E-state index contributed by atoms with van der Waals surface area (Å²) < 4.78 is 0. The number of nitrogens with two attached hydrogens (primary N) is 1. The van der Waals surface area contributed by atoms with Crippen LogP contribution in [0.5, 0.6) is 0 Å². The summed E-state index contributed by atoms with van der Waals surface area (Å²) in [6.45, 7) is 0. The largest absolute Gasteiger partial charge is 0.481 e. The zero-order valence-corrected chi connectivity index (χ0v) is 9.25. The van der Waals surface area contributed by atoms with E-state index in [0.29, 0.717) is 10.4 Å². The van der Waals surface area contributed by atoms with Gasteiger partial charge >= 0.3 is 5.97 Å². The summed E-state index contributed by atoms with van der Waals surface area (Å²) in [4.78, 5) is 32.9. The lowest BCUT2D eigenvalue weighted by molar-refractivity contribution is -0.137. The second-order valence-corrected chi connectivity index (χ2v) is 4.19. The molecule has 1 rings (SSSR count). The molecule has 86 valence electrons. The molecule has 0 radical (unpaired) electrons. The van der Waals surface area contributed by atoms with Crippen molar-refractivity contribution < 1.29 is 19.5 Å². The minimum absolute atomic E-state index is 0.0220. The van der Waals surface area contributed by atoms with Crippen LogP contribution in [0.15, 0.2) is 11.4 Å². The van der Waals surface area contributed by atoms with Crippen molar-refractivity contribution >= 4 is 29.0 Å². The molecule has 1 heterocycles. The predicted octanol–water partition coefficient (Wildman–Crippen LogP) is 0.823. The smallest absolute Gasteiger partial charge is 0.303 e. The van der Waals surface area contributed by atoms with Crippen molar-refractivity contribution in [2.24, 2.45) is 5.73 Å². The van der Waals surface area contributed by atoms with Crippen LogP contribution in [0.2, 0.25) is 0 Å². The van der Waals surface area contributed by atoms with Crippen LogP contribution in [0.3, 0.4) is 0 Å². The van der Waals surface area contributed by atoms with Gasteiger partial charge in [0, 0.05) is 6.42 Å². The SMILES string of the molecule is NC(=O)Cc1csc(C(=O)CCC(=O)O)c1. The Labute approximate surface area is 95.9 Å². The zero-order valence-electron chi connectivity index (χ0n) is 8.43. The van der Waals surface area contributed by atoms with E-state index < -0.39 is 11.9 Å². The molecule has 0 saturated carbocycles. The van der Waals surface area contributed by atoms with E-state index in [1.165, 1.54) is 11.3 Å². The molecule has 0 fully saturated rings. The van der Waals surface area contributed by atoms with Gasteiger partial charge in [0.2, 0.25) is 5.91 Å². The number of primary amides is 1. The first-order chi connectivity index (χ1) is 7.49. The highest BCUT2D eigenvalue weighted by atomic mass is 32.1. The van der Waals surface area contributed by atoms with E-state index in [2.05, 4.69) is 0 Å². The number of carbonyl (C=O) groups is 3. The normalized spacial score (nSPS) is 10.0. The Kier molecular flexibility index (Phi) is 4.19. The van der Waals surface area contributed by atoms with E-state index in [1.807, 2.05) is 0 Å². The third-order valence-electron chi connectivity index (χ3n) is 1.87. The molecule has 0 bridgehead atoms. The average Bonchev–Trinajstić information content (AvgIpc) is 2.61. The highest BCUT2D eigenvalue weighted by Crippen LogP contribution is 2.17. The molecule has 0 spiro atoms. The summed E-state index contributed by atoms with van der Waals surface area (Å²) in [6, 6.07) is 1.58. The number of carboxylic acids is 1. The minimum Gasteiger partial charge on any atom is -0.481 e. The molecule has 0 aliphatic rings. The fourth-order valence-electron chi connectivity index (χ4n) is 1.16. The third-order valence-corrected chi connectivity index (χ3v) is 2.89. The summed E-state index contributed by atoms with van der Waals surface area (Å²) in [5.41, 5.74) is 5.70. The van der Waals surface area contributed by atoms with Gasteiger partial charge in [-0.05, 0) is 17.0 Å². The van der Waals surface area contributed by atoms with Gasteiger partial charge in [-0.2, -0.15) is 0 Å². The van der Waals surface area contributed by atoms with Gasteiger partial charge in [-0.3, -0.25) is 14.4 Å². The van der Waals surface area contributed by atoms with Gasteiger partial charge in [-0.15, -0.1) is 11.3 Å². The van der Waals surface area contributed by atoms with Crippen molar-refractivity contribution in [3.8, 4) is 0 Å². The number of aliphatic carboxylic acids is 1. The summed E-state index contributed by atoms with van der Waals surface area (Å²) in [5, 5.41) is 10.1. The third kappa shape index (κ3) is 3.82. The van der Waals surface area contributed by atoms with Crippen LogP contribution in [0, 0.1) is 0 Å². The fraction of sp³-hybridized carbons (Fsp3) is 0.300. The van der Waals surface area contributed by atoms with Crippen LogP contribution in [0.1, 0.15) is 28.1 Å². The number of ketones is 1. The number of hydrogen-bond donors (Lipinski definition) is 2. The van der Waals surface area contributed by atoms with Gasteiger partial charge in [0.15, 0.2) is 5.78 Å². The molecular weight excluding hydrogens is 230 g/mol. The van der Waals surface area contributed by atoms with Gasteiger partial charge < -0.3 is 10.8 Å². The maximum absolute atomic E-state index is 11.5. The molecule has 0 unspecified atom stereocenters. The summed E-state index contributed by atoms with van der Waals surface area (Å²) in [6.07, 6.45) is -0.101. The van der Waals surface area contributed by atoms with Crippen molar-refractivity contribution in [2.45, 2.75) is 19.3 Å². The predicted molar refractivity (Wildman–Crippen MR) is 58.4 cm³/mol. The van der Waals surface area contributed by atoms with Crippen LogP contribution in [0.4, 0.5) is 0 Å². The standard InChI is InChI=1S/C10H11NO4S/c11-9(13)4-6-3-8(16-5-6)7(12)1-2-10(14)15/h3,5H,1-2,4H2,(H2,11,13)(H,14,15). The van der Waals surface area contributed by atoms with Crippen LogP contribution in [0.25, 0.3) is 0 Å². The quantitative estimate of drug-likeness (QED) is 0.720. The maximum Gasteiger partial charge on any atom is 0.303 e. The van der Waals surface area contributed by atoms with Gasteiger partial charge in [-0.25, -0.2) is 0 Å². The monoisotopic (exact) mass is 241 g/mol.